The van der Waals surface area contributed by atoms with E-state index in [9.17, 15) is 23.3 Å². The zero-order valence-electron chi connectivity index (χ0n) is 12.8. The summed E-state index contributed by atoms with van der Waals surface area (Å²) in [5.41, 5.74) is -2.04. The third-order valence-electron chi connectivity index (χ3n) is 3.31. The Bertz CT molecular complexity index is 486. The van der Waals surface area contributed by atoms with Gasteiger partial charge in [0.15, 0.2) is 6.61 Å². The van der Waals surface area contributed by atoms with Gasteiger partial charge < -0.3 is 19.5 Å². The molecule has 1 heterocycles. The van der Waals surface area contributed by atoms with E-state index in [0.717, 1.165) is 6.20 Å². The van der Waals surface area contributed by atoms with Gasteiger partial charge in [-0.15, -0.1) is 0 Å². The molecule has 0 atom stereocenters. The highest BCUT2D eigenvalue weighted by Crippen LogP contribution is 2.25. The number of aromatic nitrogens is 1. The number of halogens is 3. The molecule has 0 fully saturated rings. The summed E-state index contributed by atoms with van der Waals surface area (Å²) in [6.07, 6.45) is -3.30. The first kappa shape index (κ1) is 18.7. The molecule has 0 saturated heterocycles. The molecule has 0 aromatic carbocycles. The Morgan fingerprint density at radius 2 is 1.77 bits per heavy atom. The number of aliphatic hydroxyl groups is 1. The fourth-order valence-electron chi connectivity index (χ4n) is 1.27. The molecular formula is C13H19BF3NO4. The smallest absolute Gasteiger partial charge is 0.468 e. The van der Waals surface area contributed by atoms with Gasteiger partial charge in [-0.25, -0.2) is 4.98 Å². The van der Waals surface area contributed by atoms with Crippen LogP contribution in [-0.2, 0) is 4.65 Å². The van der Waals surface area contributed by atoms with Gasteiger partial charge in [0.25, 0.3) is 0 Å². The van der Waals surface area contributed by atoms with Gasteiger partial charge in [0.1, 0.15) is 0 Å². The van der Waals surface area contributed by atoms with Crippen LogP contribution in [0.25, 0.3) is 0 Å². The average molecular weight is 321 g/mol. The van der Waals surface area contributed by atoms with Crippen LogP contribution in [0.15, 0.2) is 18.3 Å². The minimum absolute atomic E-state index is 0.213. The number of hydrogen-bond donors (Lipinski definition) is 2. The number of alkyl halides is 3. The van der Waals surface area contributed by atoms with Gasteiger partial charge in [0.05, 0.1) is 11.2 Å². The first-order valence-electron chi connectivity index (χ1n) is 6.55. The Hall–Kier alpha value is -1.32. The van der Waals surface area contributed by atoms with Crippen molar-refractivity contribution in [3.05, 3.63) is 18.3 Å². The number of nitrogens with zero attached hydrogens (tertiary/aromatic N) is 1. The van der Waals surface area contributed by atoms with Gasteiger partial charge in [-0.3, -0.25) is 0 Å². The van der Waals surface area contributed by atoms with Gasteiger partial charge >= 0.3 is 13.3 Å². The van der Waals surface area contributed by atoms with E-state index < -0.39 is 31.1 Å². The highest BCUT2D eigenvalue weighted by molar-refractivity contribution is 6.60. The van der Waals surface area contributed by atoms with Crippen molar-refractivity contribution in [3.63, 3.8) is 0 Å². The van der Waals surface area contributed by atoms with Crippen molar-refractivity contribution in [3.8, 4) is 5.88 Å². The maximum absolute atomic E-state index is 12.0. The Morgan fingerprint density at radius 1 is 1.18 bits per heavy atom. The summed E-state index contributed by atoms with van der Waals surface area (Å²) in [6, 6.07) is 2.54. The minimum atomic E-state index is -4.44. The summed E-state index contributed by atoms with van der Waals surface area (Å²) in [5, 5.41) is 19.9. The lowest BCUT2D eigenvalue weighted by Crippen LogP contribution is -2.53. The van der Waals surface area contributed by atoms with Crippen LogP contribution in [0.5, 0.6) is 5.88 Å². The number of rotatable bonds is 6. The summed E-state index contributed by atoms with van der Waals surface area (Å²) < 4.78 is 45.9. The van der Waals surface area contributed by atoms with Gasteiger partial charge in [-0.05, 0) is 33.8 Å². The molecule has 0 aliphatic carbocycles. The van der Waals surface area contributed by atoms with E-state index in [2.05, 4.69) is 9.72 Å². The summed E-state index contributed by atoms with van der Waals surface area (Å²) in [4.78, 5) is 3.67. The molecule has 22 heavy (non-hydrogen) atoms. The molecule has 124 valence electrons. The van der Waals surface area contributed by atoms with Crippen LogP contribution >= 0.6 is 0 Å². The molecule has 0 radical (unpaired) electrons. The van der Waals surface area contributed by atoms with Crippen molar-refractivity contribution in [2.75, 3.05) is 6.61 Å². The summed E-state index contributed by atoms with van der Waals surface area (Å²) in [5.74, 6) is -0.213. The third kappa shape index (κ3) is 5.47. The molecule has 0 spiro atoms. The molecule has 1 aromatic heterocycles. The van der Waals surface area contributed by atoms with Crippen LogP contribution in [0.1, 0.15) is 27.7 Å². The molecule has 1 aromatic rings. The van der Waals surface area contributed by atoms with Gasteiger partial charge in [-0.2, -0.15) is 13.2 Å². The number of pyridine rings is 1. The van der Waals surface area contributed by atoms with Crippen molar-refractivity contribution in [2.24, 2.45) is 0 Å². The van der Waals surface area contributed by atoms with Crippen molar-refractivity contribution in [1.82, 2.24) is 4.98 Å². The maximum atomic E-state index is 12.0. The molecular weight excluding hydrogens is 302 g/mol. The predicted molar refractivity (Wildman–Crippen MR) is 74.9 cm³/mol. The standard InChI is InChI=1S/C13H19BF3NO4/c1-11(2,19)12(3,4)22-14(20)9-5-6-10(18-7-9)21-8-13(15,16)17/h5-7,19-20H,8H2,1-4H3. The predicted octanol–water partition coefficient (Wildman–Crippen LogP) is 1.28. The molecule has 1 rings (SSSR count). The summed E-state index contributed by atoms with van der Waals surface area (Å²) in [6.45, 7) is 4.83. The van der Waals surface area contributed by atoms with Crippen LogP contribution in [0.2, 0.25) is 0 Å². The zero-order chi connectivity index (χ0) is 17.2. The van der Waals surface area contributed by atoms with E-state index in [4.69, 9.17) is 4.65 Å². The Labute approximate surface area is 127 Å². The molecule has 0 bridgehead atoms. The van der Waals surface area contributed by atoms with Crippen LogP contribution in [0.4, 0.5) is 13.2 Å². The second kappa shape index (κ2) is 6.43. The van der Waals surface area contributed by atoms with Crippen molar-refractivity contribution < 1.29 is 32.7 Å². The van der Waals surface area contributed by atoms with E-state index in [1.54, 1.807) is 13.8 Å². The zero-order valence-corrected chi connectivity index (χ0v) is 12.8. The monoisotopic (exact) mass is 321 g/mol. The topological polar surface area (TPSA) is 71.8 Å². The van der Waals surface area contributed by atoms with Gasteiger partial charge in [0.2, 0.25) is 5.88 Å². The normalized spacial score (nSPS) is 13.1. The number of hydrogen-bond acceptors (Lipinski definition) is 5. The van der Waals surface area contributed by atoms with Crippen molar-refractivity contribution >= 4 is 12.6 Å². The lowest BCUT2D eigenvalue weighted by molar-refractivity contribution is -0.154. The second-order valence-electron chi connectivity index (χ2n) is 5.87. The Balaban J connectivity index is 2.70. The van der Waals surface area contributed by atoms with E-state index in [1.165, 1.54) is 26.0 Å². The van der Waals surface area contributed by atoms with Gasteiger partial charge in [-0.1, -0.05) is 6.07 Å². The van der Waals surface area contributed by atoms with Crippen LogP contribution in [0.3, 0.4) is 0 Å². The molecule has 0 aliphatic heterocycles. The molecule has 2 N–H and O–H groups in total. The SMILES string of the molecule is CC(C)(O)C(C)(C)OB(O)c1ccc(OCC(F)(F)F)nc1. The van der Waals surface area contributed by atoms with E-state index >= 15 is 0 Å². The summed E-state index contributed by atoms with van der Waals surface area (Å²) in [7, 11) is -1.38. The lowest BCUT2D eigenvalue weighted by Gasteiger charge is -2.38. The van der Waals surface area contributed by atoms with E-state index in [-0.39, 0.29) is 11.3 Å². The average Bonchev–Trinajstić information content (AvgIpc) is 2.34. The first-order chi connectivity index (χ1) is 9.82. The number of ether oxygens (including phenoxy) is 1. The van der Waals surface area contributed by atoms with Crippen LogP contribution in [-0.4, -0.2) is 46.2 Å². The maximum Gasteiger partial charge on any atom is 0.493 e. The highest BCUT2D eigenvalue weighted by Gasteiger charge is 2.39. The molecule has 9 heteroatoms. The molecule has 0 aliphatic rings. The van der Waals surface area contributed by atoms with E-state index in [0.29, 0.717) is 0 Å². The fourth-order valence-corrected chi connectivity index (χ4v) is 1.27. The third-order valence-corrected chi connectivity index (χ3v) is 3.31. The molecule has 5 nitrogen and oxygen atoms in total. The fraction of sp³-hybridized carbons (Fsp3) is 0.615. The molecule has 0 unspecified atom stereocenters. The van der Waals surface area contributed by atoms with Gasteiger partial charge in [0, 0.05) is 11.7 Å². The van der Waals surface area contributed by atoms with Crippen LogP contribution in [0, 0.1) is 0 Å². The molecule has 0 saturated carbocycles. The molecule has 0 amide bonds. The highest BCUT2D eigenvalue weighted by atomic mass is 19.4. The Kier molecular flexibility index (Phi) is 5.48. The Morgan fingerprint density at radius 3 is 2.18 bits per heavy atom. The van der Waals surface area contributed by atoms with Crippen molar-refractivity contribution in [1.29, 1.82) is 0 Å². The van der Waals surface area contributed by atoms with Crippen LogP contribution < -0.4 is 10.2 Å². The van der Waals surface area contributed by atoms with E-state index in [1.807, 2.05) is 0 Å². The minimum Gasteiger partial charge on any atom is -0.468 e. The quantitative estimate of drug-likeness (QED) is 0.772. The largest absolute Gasteiger partial charge is 0.493 e. The second-order valence-corrected chi connectivity index (χ2v) is 5.87. The van der Waals surface area contributed by atoms with Crippen molar-refractivity contribution in [2.45, 2.75) is 45.1 Å². The first-order valence-corrected chi connectivity index (χ1v) is 6.55. The lowest BCUT2D eigenvalue weighted by atomic mass is 9.77. The summed E-state index contributed by atoms with van der Waals surface area (Å²) >= 11 is 0.